The van der Waals surface area contributed by atoms with Crippen LogP contribution in [0.2, 0.25) is 0 Å². The average molecular weight is 201 g/mol. The van der Waals surface area contributed by atoms with Gasteiger partial charge in [-0.3, -0.25) is 0 Å². The van der Waals surface area contributed by atoms with Crippen LogP contribution in [-0.2, 0) is 4.43 Å². The molecule has 1 N–H and O–H groups in total. The van der Waals surface area contributed by atoms with Crippen LogP contribution in [0.1, 0.15) is 45.4 Å². The molecule has 1 saturated carbocycles. The zero-order valence-electron chi connectivity index (χ0n) is 8.85. The third-order valence-electron chi connectivity index (χ3n) is 2.85. The van der Waals surface area contributed by atoms with Crippen molar-refractivity contribution in [2.75, 3.05) is 13.2 Å². The van der Waals surface area contributed by atoms with Gasteiger partial charge in [-0.1, -0.05) is 39.0 Å². The summed E-state index contributed by atoms with van der Waals surface area (Å²) in [5.74, 6) is 0.976. The predicted molar refractivity (Wildman–Crippen MR) is 59.4 cm³/mol. The normalized spacial score (nSPS) is 20.1. The molecule has 1 rings (SSSR count). The molecule has 3 heteroatoms. The molecule has 0 aromatic rings. The first kappa shape index (κ1) is 11.2. The van der Waals surface area contributed by atoms with Gasteiger partial charge in [0.2, 0.25) is 9.92 Å². The van der Waals surface area contributed by atoms with Crippen LogP contribution in [-0.4, -0.2) is 23.1 Å². The second kappa shape index (κ2) is 7.53. The molecule has 1 fully saturated rings. The summed E-state index contributed by atoms with van der Waals surface area (Å²) < 4.78 is 5.60. The van der Waals surface area contributed by atoms with Crippen LogP contribution in [0.4, 0.5) is 0 Å². The van der Waals surface area contributed by atoms with Gasteiger partial charge in [-0.25, -0.2) is 0 Å². The van der Waals surface area contributed by atoms with E-state index < -0.39 is 0 Å². The first-order valence-electron chi connectivity index (χ1n) is 5.72. The van der Waals surface area contributed by atoms with E-state index in [0.717, 1.165) is 19.1 Å². The van der Waals surface area contributed by atoms with Crippen LogP contribution in [0.3, 0.4) is 0 Å². The summed E-state index contributed by atoms with van der Waals surface area (Å²) in [6, 6.07) is 0. The number of hydrogen-bond acceptors (Lipinski definition) is 2. The zero-order chi connectivity index (χ0) is 9.36. The van der Waals surface area contributed by atoms with Crippen molar-refractivity contribution in [1.29, 1.82) is 0 Å². The Morgan fingerprint density at radius 3 is 2.77 bits per heavy atom. The van der Waals surface area contributed by atoms with Gasteiger partial charge in [-0.2, -0.15) is 0 Å². The van der Waals surface area contributed by atoms with E-state index in [2.05, 4.69) is 11.9 Å². The summed E-state index contributed by atoms with van der Waals surface area (Å²) in [6.45, 7) is 4.21. The SMILES string of the molecule is CCN[SiH2]OCCC1CCCCC1. The third-order valence-corrected chi connectivity index (χ3v) is 4.05. The molecule has 0 saturated heterocycles. The van der Waals surface area contributed by atoms with E-state index in [1.807, 2.05) is 0 Å². The van der Waals surface area contributed by atoms with E-state index >= 15 is 0 Å². The van der Waals surface area contributed by atoms with E-state index in [9.17, 15) is 0 Å². The molecule has 0 unspecified atom stereocenters. The summed E-state index contributed by atoms with van der Waals surface area (Å²) in [5.41, 5.74) is 0. The molecule has 0 aliphatic heterocycles. The Balaban J connectivity index is 1.86. The van der Waals surface area contributed by atoms with E-state index in [-0.39, 0.29) is 9.92 Å². The number of nitrogens with one attached hydrogen (secondary N) is 1. The highest BCUT2D eigenvalue weighted by molar-refractivity contribution is 6.23. The smallest absolute Gasteiger partial charge is 0.235 e. The summed E-state index contributed by atoms with van der Waals surface area (Å²) >= 11 is 0. The lowest BCUT2D eigenvalue weighted by Crippen LogP contribution is -2.22. The Morgan fingerprint density at radius 2 is 2.08 bits per heavy atom. The number of rotatable bonds is 6. The Morgan fingerprint density at radius 1 is 1.31 bits per heavy atom. The monoisotopic (exact) mass is 201 g/mol. The molecule has 0 spiro atoms. The largest absolute Gasteiger partial charge is 0.409 e. The quantitative estimate of drug-likeness (QED) is 0.520. The molecule has 0 amide bonds. The Kier molecular flexibility index (Phi) is 6.50. The Labute approximate surface area is 84.5 Å². The number of hydrogen-bond donors (Lipinski definition) is 1. The lowest BCUT2D eigenvalue weighted by Gasteiger charge is -2.21. The lowest BCUT2D eigenvalue weighted by atomic mass is 9.87. The van der Waals surface area contributed by atoms with E-state index in [4.69, 9.17) is 4.43 Å². The first-order valence-corrected chi connectivity index (χ1v) is 7.00. The summed E-state index contributed by atoms with van der Waals surface area (Å²) in [5, 5.41) is 0. The molecule has 0 aromatic carbocycles. The minimum absolute atomic E-state index is 0.385. The van der Waals surface area contributed by atoms with Crippen molar-refractivity contribution in [3.8, 4) is 0 Å². The molecular weight excluding hydrogens is 178 g/mol. The second-order valence-electron chi connectivity index (χ2n) is 3.95. The predicted octanol–water partition coefficient (Wildman–Crippen LogP) is 1.58. The fourth-order valence-electron chi connectivity index (χ4n) is 1.97. The van der Waals surface area contributed by atoms with E-state index in [1.165, 1.54) is 38.5 Å². The van der Waals surface area contributed by atoms with Crippen molar-refractivity contribution in [3.05, 3.63) is 0 Å². The molecule has 0 atom stereocenters. The van der Waals surface area contributed by atoms with Crippen LogP contribution in [0.25, 0.3) is 0 Å². The van der Waals surface area contributed by atoms with Gasteiger partial charge < -0.3 is 9.41 Å². The van der Waals surface area contributed by atoms with Crippen LogP contribution >= 0.6 is 0 Å². The van der Waals surface area contributed by atoms with Gasteiger partial charge in [0.15, 0.2) is 0 Å². The van der Waals surface area contributed by atoms with Gasteiger partial charge in [-0.05, 0) is 18.9 Å². The van der Waals surface area contributed by atoms with Gasteiger partial charge in [0.25, 0.3) is 0 Å². The topological polar surface area (TPSA) is 21.3 Å². The van der Waals surface area contributed by atoms with Gasteiger partial charge in [-0.15, -0.1) is 0 Å². The Hall–Kier alpha value is 0.137. The van der Waals surface area contributed by atoms with Gasteiger partial charge in [0.1, 0.15) is 0 Å². The molecule has 2 nitrogen and oxygen atoms in total. The molecule has 0 aromatic heterocycles. The fourth-order valence-corrected chi connectivity index (χ4v) is 2.63. The first-order chi connectivity index (χ1) is 6.43. The minimum Gasteiger partial charge on any atom is -0.409 e. The van der Waals surface area contributed by atoms with Crippen molar-refractivity contribution < 1.29 is 4.43 Å². The molecule has 1 aliphatic carbocycles. The fraction of sp³-hybridized carbons (Fsp3) is 1.00. The van der Waals surface area contributed by atoms with Crippen molar-refractivity contribution in [1.82, 2.24) is 4.98 Å². The average Bonchev–Trinajstić information content (AvgIpc) is 2.19. The molecular formula is C10H23NOSi. The molecule has 13 heavy (non-hydrogen) atoms. The maximum absolute atomic E-state index is 5.60. The lowest BCUT2D eigenvalue weighted by molar-refractivity contribution is 0.251. The summed E-state index contributed by atoms with van der Waals surface area (Å²) in [4.78, 5) is 3.30. The second-order valence-corrected chi connectivity index (χ2v) is 5.15. The highest BCUT2D eigenvalue weighted by atomic mass is 28.2. The molecule has 78 valence electrons. The molecule has 0 heterocycles. The van der Waals surface area contributed by atoms with Crippen LogP contribution in [0, 0.1) is 5.92 Å². The van der Waals surface area contributed by atoms with E-state index in [0.29, 0.717) is 0 Å². The summed E-state index contributed by atoms with van der Waals surface area (Å²) in [7, 11) is -0.385. The van der Waals surface area contributed by atoms with Crippen LogP contribution in [0.15, 0.2) is 0 Å². The standard InChI is InChI=1S/C10H23NOSi/c1-2-11-13-12-9-8-10-6-4-3-5-7-10/h10-11H,2-9,13H2,1H3. The van der Waals surface area contributed by atoms with Gasteiger partial charge in [0.05, 0.1) is 0 Å². The van der Waals surface area contributed by atoms with E-state index in [1.54, 1.807) is 0 Å². The minimum atomic E-state index is -0.385. The van der Waals surface area contributed by atoms with Crippen molar-refractivity contribution >= 4 is 9.92 Å². The Bertz CT molecular complexity index is 115. The summed E-state index contributed by atoms with van der Waals surface area (Å²) in [6.07, 6.45) is 8.57. The van der Waals surface area contributed by atoms with Gasteiger partial charge in [0, 0.05) is 6.61 Å². The van der Waals surface area contributed by atoms with Crippen molar-refractivity contribution in [2.45, 2.75) is 45.4 Å². The maximum atomic E-state index is 5.60. The zero-order valence-corrected chi connectivity index (χ0v) is 10.3. The molecule has 0 radical (unpaired) electrons. The highest BCUT2D eigenvalue weighted by Crippen LogP contribution is 2.25. The molecule has 0 bridgehead atoms. The van der Waals surface area contributed by atoms with Crippen molar-refractivity contribution in [3.63, 3.8) is 0 Å². The van der Waals surface area contributed by atoms with Crippen LogP contribution in [0.5, 0.6) is 0 Å². The van der Waals surface area contributed by atoms with Crippen LogP contribution < -0.4 is 4.98 Å². The highest BCUT2D eigenvalue weighted by Gasteiger charge is 2.12. The third kappa shape index (κ3) is 5.44. The molecule has 1 aliphatic rings. The van der Waals surface area contributed by atoms with Crippen molar-refractivity contribution in [2.24, 2.45) is 5.92 Å². The van der Waals surface area contributed by atoms with Gasteiger partial charge >= 0.3 is 0 Å². The maximum Gasteiger partial charge on any atom is 0.235 e.